The van der Waals surface area contributed by atoms with E-state index < -0.39 is 12.1 Å². The lowest BCUT2D eigenvalue weighted by Crippen LogP contribution is -2.27. The number of nitrogens with one attached hydrogen (secondary N) is 1. The number of carbonyl (C=O) groups excluding carboxylic acids is 3. The van der Waals surface area contributed by atoms with E-state index in [9.17, 15) is 14.4 Å². The molecule has 29 heavy (non-hydrogen) atoms. The summed E-state index contributed by atoms with van der Waals surface area (Å²) in [5.74, 6) is -0.426. The number of aromatic nitrogens is 1. The number of fused-ring (bicyclic) bond motifs is 1. The van der Waals surface area contributed by atoms with Gasteiger partial charge in [-0.05, 0) is 44.2 Å². The molecule has 0 aliphatic carbocycles. The minimum absolute atomic E-state index is 0.0378. The van der Waals surface area contributed by atoms with Crippen LogP contribution in [-0.2, 0) is 9.53 Å². The molecule has 2 aromatic carbocycles. The maximum absolute atomic E-state index is 12.8. The van der Waals surface area contributed by atoms with Gasteiger partial charge in [0.05, 0.1) is 0 Å². The summed E-state index contributed by atoms with van der Waals surface area (Å²) in [5.41, 5.74) is 2.71. The van der Waals surface area contributed by atoms with E-state index in [4.69, 9.17) is 9.47 Å². The number of carbonyl (C=O) groups is 3. The average Bonchev–Trinajstić information content (AvgIpc) is 3.07. The first-order valence-electron chi connectivity index (χ1n) is 9.47. The molecule has 150 valence electrons. The van der Waals surface area contributed by atoms with E-state index in [1.54, 1.807) is 38.1 Å². The molecule has 1 atom stereocenters. The average molecular weight is 393 g/mol. The normalized spacial score (nSPS) is 11.8. The number of benzene rings is 2. The SMILES string of the molecule is CCC(=O)c1ccc(OCC(=O)O[C@@H](C)C(=O)c2c(C)[nH]c3ccccc23)cc1. The van der Waals surface area contributed by atoms with Crippen molar-refractivity contribution < 1.29 is 23.9 Å². The fourth-order valence-corrected chi connectivity index (χ4v) is 3.17. The van der Waals surface area contributed by atoms with Gasteiger partial charge in [-0.15, -0.1) is 0 Å². The summed E-state index contributed by atoms with van der Waals surface area (Å²) in [7, 11) is 0. The van der Waals surface area contributed by atoms with Gasteiger partial charge in [0.25, 0.3) is 0 Å². The summed E-state index contributed by atoms with van der Waals surface area (Å²) in [5, 5.41) is 0.802. The predicted molar refractivity (Wildman–Crippen MR) is 109 cm³/mol. The highest BCUT2D eigenvalue weighted by Crippen LogP contribution is 2.24. The largest absolute Gasteiger partial charge is 0.482 e. The summed E-state index contributed by atoms with van der Waals surface area (Å²) in [6.45, 7) is 4.83. The molecule has 0 aliphatic rings. The van der Waals surface area contributed by atoms with Crippen molar-refractivity contribution in [2.24, 2.45) is 0 Å². The van der Waals surface area contributed by atoms with Crippen LogP contribution >= 0.6 is 0 Å². The van der Waals surface area contributed by atoms with E-state index in [0.29, 0.717) is 23.3 Å². The minimum Gasteiger partial charge on any atom is -0.482 e. The number of aromatic amines is 1. The van der Waals surface area contributed by atoms with Gasteiger partial charge in [0.1, 0.15) is 5.75 Å². The second kappa shape index (κ2) is 8.73. The highest BCUT2D eigenvalue weighted by Gasteiger charge is 2.24. The molecule has 0 unspecified atom stereocenters. The molecular formula is C23H23NO5. The highest BCUT2D eigenvalue weighted by atomic mass is 16.6. The minimum atomic E-state index is -0.937. The van der Waals surface area contributed by atoms with Gasteiger partial charge in [-0.3, -0.25) is 9.59 Å². The molecule has 0 saturated carbocycles. The Morgan fingerprint density at radius 1 is 1.03 bits per heavy atom. The standard InChI is InChI=1S/C23H23NO5/c1-4-20(25)16-9-11-17(12-10-16)28-13-21(26)29-15(3)23(27)22-14(2)24-19-8-6-5-7-18(19)22/h5-12,15,24H,4,13H2,1-3H3/t15-/m0/s1. The maximum atomic E-state index is 12.8. The Kier molecular flexibility index (Phi) is 6.12. The van der Waals surface area contributed by atoms with Crippen LogP contribution in [0.4, 0.5) is 0 Å². The van der Waals surface area contributed by atoms with E-state index in [1.807, 2.05) is 31.2 Å². The Labute approximate surface area is 168 Å². The number of esters is 1. The van der Waals surface area contributed by atoms with E-state index in [-0.39, 0.29) is 18.2 Å². The number of hydrogen-bond acceptors (Lipinski definition) is 5. The third-order valence-electron chi connectivity index (χ3n) is 4.67. The maximum Gasteiger partial charge on any atom is 0.344 e. The monoisotopic (exact) mass is 393 g/mol. The van der Waals surface area contributed by atoms with Gasteiger partial charge in [0.2, 0.25) is 5.78 Å². The Balaban J connectivity index is 1.59. The molecule has 0 amide bonds. The van der Waals surface area contributed by atoms with Gasteiger partial charge in [0, 0.05) is 34.1 Å². The second-order valence-electron chi connectivity index (χ2n) is 6.76. The van der Waals surface area contributed by atoms with Crippen molar-refractivity contribution >= 4 is 28.4 Å². The van der Waals surface area contributed by atoms with Crippen LogP contribution < -0.4 is 4.74 Å². The summed E-state index contributed by atoms with van der Waals surface area (Å²) in [6.07, 6.45) is -0.512. The first-order chi connectivity index (χ1) is 13.9. The van der Waals surface area contributed by atoms with Crippen LogP contribution in [0.1, 0.15) is 46.7 Å². The fraction of sp³-hybridized carbons (Fsp3) is 0.261. The number of para-hydroxylation sites is 1. The summed E-state index contributed by atoms with van der Waals surface area (Å²) in [6, 6.07) is 14.0. The molecule has 1 N–H and O–H groups in total. The first kappa shape index (κ1) is 20.3. The van der Waals surface area contributed by atoms with E-state index in [1.165, 1.54) is 0 Å². The Hall–Kier alpha value is -3.41. The molecule has 0 saturated heterocycles. The third kappa shape index (κ3) is 4.54. The van der Waals surface area contributed by atoms with Gasteiger partial charge in [-0.1, -0.05) is 25.1 Å². The predicted octanol–water partition coefficient (Wildman–Crippen LogP) is 4.26. The molecule has 0 aliphatic heterocycles. The summed E-state index contributed by atoms with van der Waals surface area (Å²) in [4.78, 5) is 39.7. The molecule has 0 bridgehead atoms. The molecular weight excluding hydrogens is 370 g/mol. The number of aryl methyl sites for hydroxylation is 1. The molecule has 1 aromatic heterocycles. The van der Waals surface area contributed by atoms with Crippen LogP contribution in [-0.4, -0.2) is 35.2 Å². The van der Waals surface area contributed by atoms with Gasteiger partial charge in [0.15, 0.2) is 18.5 Å². The zero-order chi connectivity index (χ0) is 21.0. The molecule has 0 radical (unpaired) electrons. The van der Waals surface area contributed by atoms with Crippen molar-refractivity contribution in [3.8, 4) is 5.75 Å². The van der Waals surface area contributed by atoms with Crippen LogP contribution in [0.2, 0.25) is 0 Å². The molecule has 6 heteroatoms. The van der Waals surface area contributed by atoms with Crippen molar-refractivity contribution in [2.75, 3.05) is 6.61 Å². The van der Waals surface area contributed by atoms with Crippen LogP contribution in [0, 0.1) is 6.92 Å². The molecule has 3 aromatic rings. The van der Waals surface area contributed by atoms with E-state index in [0.717, 1.165) is 16.6 Å². The Morgan fingerprint density at radius 2 is 1.72 bits per heavy atom. The fourth-order valence-electron chi connectivity index (χ4n) is 3.17. The van der Waals surface area contributed by atoms with Gasteiger partial charge in [-0.2, -0.15) is 0 Å². The molecule has 6 nitrogen and oxygen atoms in total. The van der Waals surface area contributed by atoms with Gasteiger partial charge >= 0.3 is 5.97 Å². The quantitative estimate of drug-likeness (QED) is 0.456. The van der Waals surface area contributed by atoms with Gasteiger partial charge in [-0.25, -0.2) is 4.79 Å². The topological polar surface area (TPSA) is 85.5 Å². The number of ether oxygens (including phenoxy) is 2. The van der Waals surface area contributed by atoms with E-state index >= 15 is 0 Å². The Morgan fingerprint density at radius 3 is 2.41 bits per heavy atom. The van der Waals surface area contributed by atoms with Crippen molar-refractivity contribution in [2.45, 2.75) is 33.3 Å². The number of H-pyrrole nitrogens is 1. The lowest BCUT2D eigenvalue weighted by atomic mass is 10.0. The highest BCUT2D eigenvalue weighted by molar-refractivity contribution is 6.11. The van der Waals surface area contributed by atoms with Crippen LogP contribution in [0.15, 0.2) is 48.5 Å². The second-order valence-corrected chi connectivity index (χ2v) is 6.76. The zero-order valence-electron chi connectivity index (χ0n) is 16.7. The van der Waals surface area contributed by atoms with Gasteiger partial charge < -0.3 is 14.5 Å². The molecule has 0 spiro atoms. The van der Waals surface area contributed by atoms with Crippen molar-refractivity contribution in [3.05, 3.63) is 65.4 Å². The molecule has 3 rings (SSSR count). The van der Waals surface area contributed by atoms with Crippen molar-refractivity contribution in [3.63, 3.8) is 0 Å². The number of ketones is 2. The smallest absolute Gasteiger partial charge is 0.344 e. The lowest BCUT2D eigenvalue weighted by molar-refractivity contribution is -0.148. The number of rotatable bonds is 8. The van der Waals surface area contributed by atoms with E-state index in [2.05, 4.69) is 4.98 Å². The number of Topliss-reactive ketones (excluding diaryl/α,β-unsaturated/α-hetero) is 2. The summed E-state index contributed by atoms with van der Waals surface area (Å²) >= 11 is 0. The zero-order valence-corrected chi connectivity index (χ0v) is 16.7. The third-order valence-corrected chi connectivity index (χ3v) is 4.67. The van der Waals surface area contributed by atoms with Crippen LogP contribution in [0.25, 0.3) is 10.9 Å². The molecule has 1 heterocycles. The lowest BCUT2D eigenvalue weighted by Gasteiger charge is -2.13. The van der Waals surface area contributed by atoms with Crippen LogP contribution in [0.3, 0.4) is 0 Å². The van der Waals surface area contributed by atoms with Crippen molar-refractivity contribution in [1.29, 1.82) is 0 Å². The van der Waals surface area contributed by atoms with Crippen molar-refractivity contribution in [1.82, 2.24) is 4.98 Å². The Bertz CT molecular complexity index is 1050. The number of hydrogen-bond donors (Lipinski definition) is 1. The summed E-state index contributed by atoms with van der Waals surface area (Å²) < 4.78 is 10.7. The first-order valence-corrected chi connectivity index (χ1v) is 9.47. The molecule has 0 fully saturated rings. The van der Waals surface area contributed by atoms with Crippen LogP contribution in [0.5, 0.6) is 5.75 Å².